The van der Waals surface area contributed by atoms with Gasteiger partial charge in [0, 0.05) is 12.1 Å². The van der Waals surface area contributed by atoms with Crippen molar-refractivity contribution in [1.82, 2.24) is 4.72 Å². The first kappa shape index (κ1) is 16.7. The summed E-state index contributed by atoms with van der Waals surface area (Å²) < 4.78 is 27.1. The summed E-state index contributed by atoms with van der Waals surface area (Å²) in [6.45, 7) is 0. The van der Waals surface area contributed by atoms with Gasteiger partial charge in [-0.25, -0.2) is 13.1 Å². The summed E-state index contributed by atoms with van der Waals surface area (Å²) in [7, 11) is -3.74. The first-order valence-corrected chi connectivity index (χ1v) is 9.54. The van der Waals surface area contributed by atoms with Gasteiger partial charge < -0.3 is 0 Å². The van der Waals surface area contributed by atoms with E-state index in [2.05, 4.69) is 4.72 Å². The number of nitro groups is 1. The minimum Gasteiger partial charge on any atom is -0.258 e. The number of hydrogen-bond donors (Lipinski definition) is 1. The summed E-state index contributed by atoms with van der Waals surface area (Å²) >= 11 is 6.44. The normalized spacial score (nSPS) is 18.1. The molecule has 1 aromatic rings. The maximum atomic E-state index is 12.3. The van der Waals surface area contributed by atoms with E-state index in [1.54, 1.807) is 0 Å². The monoisotopic (exact) mass is 352 g/mol. The highest BCUT2D eigenvalue weighted by Crippen LogP contribution is 2.36. The molecule has 2 rings (SSSR count). The molecule has 0 unspecified atom stereocenters. The van der Waals surface area contributed by atoms with Gasteiger partial charge in [-0.3, -0.25) is 10.1 Å². The highest BCUT2D eigenvalue weighted by molar-refractivity contribution is 7.91. The van der Waals surface area contributed by atoms with Crippen LogP contribution in [0, 0.1) is 10.1 Å². The molecule has 21 heavy (non-hydrogen) atoms. The van der Waals surface area contributed by atoms with Crippen molar-refractivity contribution in [3.05, 3.63) is 20.5 Å². The van der Waals surface area contributed by atoms with E-state index in [1.807, 2.05) is 0 Å². The highest BCUT2D eigenvalue weighted by Gasteiger charge is 2.27. The van der Waals surface area contributed by atoms with Crippen LogP contribution in [0.4, 0.5) is 5.69 Å². The van der Waals surface area contributed by atoms with Crippen molar-refractivity contribution >= 4 is 38.6 Å². The minimum absolute atomic E-state index is 0.0961. The second-order valence-corrected chi connectivity index (χ2v) is 8.74. The van der Waals surface area contributed by atoms with Gasteiger partial charge in [-0.2, -0.15) is 0 Å². The average Bonchev–Trinajstić information content (AvgIpc) is 2.75. The lowest BCUT2D eigenvalue weighted by Crippen LogP contribution is -2.34. The lowest BCUT2D eigenvalue weighted by atomic mass is 9.97. The van der Waals surface area contributed by atoms with E-state index < -0.39 is 14.9 Å². The first-order valence-electron chi connectivity index (χ1n) is 6.86. The molecule has 0 aliphatic heterocycles. The van der Waals surface area contributed by atoms with Gasteiger partial charge in [0.1, 0.15) is 4.21 Å². The molecule has 0 radical (unpaired) electrons. The number of halogens is 1. The molecular weight excluding hydrogens is 336 g/mol. The van der Waals surface area contributed by atoms with Crippen LogP contribution < -0.4 is 4.72 Å². The third kappa shape index (κ3) is 4.38. The first-order chi connectivity index (χ1) is 9.90. The molecule has 0 spiro atoms. The number of hydrogen-bond acceptors (Lipinski definition) is 5. The molecule has 0 saturated heterocycles. The maximum Gasteiger partial charge on any atom is 0.300 e. The molecule has 118 valence electrons. The summed E-state index contributed by atoms with van der Waals surface area (Å²) in [5.41, 5.74) is -0.361. The third-order valence-electron chi connectivity index (χ3n) is 3.53. The Morgan fingerprint density at radius 2 is 1.81 bits per heavy atom. The Morgan fingerprint density at radius 1 is 1.24 bits per heavy atom. The summed E-state index contributed by atoms with van der Waals surface area (Å²) in [5, 5.41) is 10.7. The van der Waals surface area contributed by atoms with Crippen molar-refractivity contribution in [3.8, 4) is 0 Å². The average molecular weight is 353 g/mol. The Kier molecular flexibility index (Phi) is 5.59. The minimum atomic E-state index is -3.74. The van der Waals surface area contributed by atoms with Crippen LogP contribution in [0.15, 0.2) is 10.3 Å². The van der Waals surface area contributed by atoms with Crippen LogP contribution in [-0.4, -0.2) is 19.4 Å². The molecule has 1 aliphatic carbocycles. The molecule has 9 heteroatoms. The van der Waals surface area contributed by atoms with Crippen LogP contribution in [0.1, 0.15) is 44.9 Å². The second-order valence-electron chi connectivity index (χ2n) is 5.14. The molecule has 0 amide bonds. The molecule has 0 atom stereocenters. The topological polar surface area (TPSA) is 89.3 Å². The Labute approximate surface area is 132 Å². The van der Waals surface area contributed by atoms with Crippen molar-refractivity contribution in [2.45, 2.75) is 55.2 Å². The van der Waals surface area contributed by atoms with E-state index in [9.17, 15) is 18.5 Å². The number of thiophene rings is 1. The van der Waals surface area contributed by atoms with Crippen molar-refractivity contribution in [1.29, 1.82) is 0 Å². The van der Waals surface area contributed by atoms with Crippen LogP contribution in [-0.2, 0) is 10.0 Å². The molecule has 1 aliphatic rings. The van der Waals surface area contributed by atoms with Gasteiger partial charge in [0.05, 0.1) is 4.92 Å². The third-order valence-corrected chi connectivity index (χ3v) is 6.87. The van der Waals surface area contributed by atoms with E-state index >= 15 is 0 Å². The van der Waals surface area contributed by atoms with Crippen molar-refractivity contribution < 1.29 is 13.3 Å². The van der Waals surface area contributed by atoms with Gasteiger partial charge in [0.15, 0.2) is 4.34 Å². The molecular formula is C12H17ClN2O4S2. The van der Waals surface area contributed by atoms with Crippen molar-refractivity contribution in [2.75, 3.05) is 0 Å². The number of sulfonamides is 1. The van der Waals surface area contributed by atoms with E-state index in [-0.39, 0.29) is 20.3 Å². The van der Waals surface area contributed by atoms with E-state index in [0.29, 0.717) is 0 Å². The van der Waals surface area contributed by atoms with Gasteiger partial charge in [-0.05, 0) is 12.8 Å². The smallest absolute Gasteiger partial charge is 0.258 e. The number of rotatable bonds is 4. The highest BCUT2D eigenvalue weighted by atomic mass is 35.5. The van der Waals surface area contributed by atoms with Gasteiger partial charge in [-0.1, -0.05) is 43.7 Å². The lowest BCUT2D eigenvalue weighted by molar-refractivity contribution is -0.384. The van der Waals surface area contributed by atoms with E-state index in [0.717, 1.165) is 55.9 Å². The summed E-state index contributed by atoms with van der Waals surface area (Å²) in [6, 6.07) is 0.924. The number of nitrogens with one attached hydrogen (secondary N) is 1. The predicted octanol–water partition coefficient (Wildman–Crippen LogP) is 3.70. The molecule has 1 fully saturated rings. The Morgan fingerprint density at radius 3 is 2.33 bits per heavy atom. The molecule has 6 nitrogen and oxygen atoms in total. The largest absolute Gasteiger partial charge is 0.300 e. The zero-order valence-electron chi connectivity index (χ0n) is 11.4. The summed E-state index contributed by atoms with van der Waals surface area (Å²) in [5.74, 6) is 0. The van der Waals surface area contributed by atoms with Crippen LogP contribution in [0.3, 0.4) is 0 Å². The lowest BCUT2D eigenvalue weighted by Gasteiger charge is -2.20. The molecule has 0 bridgehead atoms. The number of nitrogens with zero attached hydrogens (tertiary/aromatic N) is 1. The van der Waals surface area contributed by atoms with Crippen LogP contribution in [0.5, 0.6) is 0 Å². The van der Waals surface area contributed by atoms with E-state index in [4.69, 9.17) is 11.6 Å². The second kappa shape index (κ2) is 7.04. The van der Waals surface area contributed by atoms with Crippen molar-refractivity contribution in [2.24, 2.45) is 0 Å². The quantitative estimate of drug-likeness (QED) is 0.660. The van der Waals surface area contributed by atoms with Crippen LogP contribution in [0.25, 0.3) is 0 Å². The molecule has 1 heterocycles. The fourth-order valence-electron chi connectivity index (χ4n) is 2.45. The molecule has 1 N–H and O–H groups in total. The summed E-state index contributed by atoms with van der Waals surface area (Å²) in [4.78, 5) is 10.1. The zero-order chi connectivity index (χ0) is 15.5. The van der Waals surface area contributed by atoms with Gasteiger partial charge in [0.2, 0.25) is 0 Å². The summed E-state index contributed by atoms with van der Waals surface area (Å²) in [6.07, 6.45) is 7.05. The molecule has 1 saturated carbocycles. The Balaban J connectivity index is 2.13. The van der Waals surface area contributed by atoms with Crippen LogP contribution >= 0.6 is 22.9 Å². The SMILES string of the molecule is O=[N+]([O-])c1cc(S(=O)(=O)NC2CCCCCCC2)sc1Cl. The molecule has 0 aromatic carbocycles. The van der Waals surface area contributed by atoms with Gasteiger partial charge in [-0.15, -0.1) is 11.3 Å². The fourth-order valence-corrected chi connectivity index (χ4v) is 5.43. The zero-order valence-corrected chi connectivity index (χ0v) is 13.8. The standard InChI is InChI=1S/C12H17ClN2O4S2/c13-12-10(15(16)17)8-11(20-12)21(18,19)14-9-6-4-2-1-3-5-7-9/h8-9,14H,1-7H2. The van der Waals surface area contributed by atoms with Gasteiger partial charge in [0.25, 0.3) is 15.7 Å². The molecule has 1 aromatic heterocycles. The predicted molar refractivity (Wildman–Crippen MR) is 82.4 cm³/mol. The van der Waals surface area contributed by atoms with E-state index in [1.165, 1.54) is 6.42 Å². The van der Waals surface area contributed by atoms with Crippen molar-refractivity contribution in [3.63, 3.8) is 0 Å². The maximum absolute atomic E-state index is 12.3. The Hall–Kier alpha value is -0.700. The van der Waals surface area contributed by atoms with Crippen LogP contribution in [0.2, 0.25) is 4.34 Å². The van der Waals surface area contributed by atoms with Gasteiger partial charge >= 0.3 is 0 Å². The fraction of sp³-hybridized carbons (Fsp3) is 0.667. The Bertz CT molecular complexity index is 607.